The quantitative estimate of drug-likeness (QED) is 0.736. The van der Waals surface area contributed by atoms with Crippen LogP contribution in [-0.2, 0) is 14.8 Å². The topological polar surface area (TPSA) is 66.8 Å². The number of aliphatic hydroxyl groups is 1. The van der Waals surface area contributed by atoms with Crippen LogP contribution >= 0.6 is 0 Å². The lowest BCUT2D eigenvalue weighted by atomic mass is 9.77. The molecule has 0 unspecified atom stereocenters. The standard InChI is InChI=1S/C10H19NO4S/c1-15-10-6-11(16(2,13)14)7-3-4-9(12)8(10)5-7/h7-10,12H,3-6H2,1-2H3/t7-,8-,9-,10+/m1/s1. The Bertz CT molecular complexity index is 356. The van der Waals surface area contributed by atoms with Gasteiger partial charge in [0.05, 0.1) is 18.5 Å². The maximum absolute atomic E-state index is 11.6. The van der Waals surface area contributed by atoms with Gasteiger partial charge in [-0.1, -0.05) is 0 Å². The largest absolute Gasteiger partial charge is 0.393 e. The number of fused-ring (bicyclic) bond motifs is 2. The van der Waals surface area contributed by atoms with Crippen LogP contribution in [0, 0.1) is 5.92 Å². The molecule has 0 aromatic heterocycles. The third-order valence-corrected chi connectivity index (χ3v) is 5.11. The molecule has 6 heteroatoms. The molecule has 0 spiro atoms. The van der Waals surface area contributed by atoms with Gasteiger partial charge in [0.2, 0.25) is 10.0 Å². The van der Waals surface area contributed by atoms with Crippen LogP contribution in [-0.4, -0.2) is 56.0 Å². The van der Waals surface area contributed by atoms with Gasteiger partial charge >= 0.3 is 0 Å². The second kappa shape index (κ2) is 4.25. The van der Waals surface area contributed by atoms with Crippen LogP contribution in [0.1, 0.15) is 19.3 Å². The smallest absolute Gasteiger partial charge is 0.211 e. The van der Waals surface area contributed by atoms with Crippen molar-refractivity contribution in [3.05, 3.63) is 0 Å². The van der Waals surface area contributed by atoms with E-state index in [2.05, 4.69) is 0 Å². The molecule has 0 amide bonds. The summed E-state index contributed by atoms with van der Waals surface area (Å²) in [5.41, 5.74) is 0. The van der Waals surface area contributed by atoms with Crippen molar-refractivity contribution < 1.29 is 18.3 Å². The summed E-state index contributed by atoms with van der Waals surface area (Å²) in [4.78, 5) is 0. The lowest BCUT2D eigenvalue weighted by Crippen LogP contribution is -2.57. The first-order chi connectivity index (χ1) is 7.43. The second-order valence-corrected chi connectivity index (χ2v) is 6.74. The highest BCUT2D eigenvalue weighted by atomic mass is 32.2. The highest BCUT2D eigenvalue weighted by Gasteiger charge is 2.45. The molecule has 2 rings (SSSR count). The molecule has 5 nitrogen and oxygen atoms in total. The fraction of sp³-hybridized carbons (Fsp3) is 1.00. The monoisotopic (exact) mass is 249 g/mol. The van der Waals surface area contributed by atoms with Gasteiger partial charge in [-0.3, -0.25) is 0 Å². The van der Waals surface area contributed by atoms with Gasteiger partial charge in [0.25, 0.3) is 0 Å². The van der Waals surface area contributed by atoms with Crippen LogP contribution in [0.25, 0.3) is 0 Å². The van der Waals surface area contributed by atoms with Crippen LogP contribution in [0.5, 0.6) is 0 Å². The van der Waals surface area contributed by atoms with E-state index in [1.165, 1.54) is 10.6 Å². The highest BCUT2D eigenvalue weighted by Crippen LogP contribution is 2.37. The summed E-state index contributed by atoms with van der Waals surface area (Å²) in [7, 11) is -1.59. The van der Waals surface area contributed by atoms with Gasteiger partial charge < -0.3 is 9.84 Å². The Hall–Kier alpha value is -0.170. The first kappa shape index (κ1) is 12.3. The molecule has 1 aliphatic heterocycles. The molecule has 1 aliphatic carbocycles. The molecule has 4 atom stereocenters. The van der Waals surface area contributed by atoms with E-state index in [0.29, 0.717) is 19.4 Å². The maximum atomic E-state index is 11.6. The number of hydrogen-bond acceptors (Lipinski definition) is 4. The maximum Gasteiger partial charge on any atom is 0.211 e. The van der Waals surface area contributed by atoms with Crippen LogP contribution < -0.4 is 0 Å². The van der Waals surface area contributed by atoms with E-state index >= 15 is 0 Å². The number of sulfonamides is 1. The van der Waals surface area contributed by atoms with E-state index in [1.807, 2.05) is 0 Å². The normalized spacial score (nSPS) is 40.9. The molecule has 1 saturated heterocycles. The first-order valence-corrected chi connectivity index (χ1v) is 7.46. The van der Waals surface area contributed by atoms with Gasteiger partial charge in [0.15, 0.2) is 0 Å². The van der Waals surface area contributed by atoms with Gasteiger partial charge in [-0.25, -0.2) is 8.42 Å². The molecule has 16 heavy (non-hydrogen) atoms. The second-order valence-electron chi connectivity index (χ2n) is 4.80. The van der Waals surface area contributed by atoms with Crippen LogP contribution in [0.3, 0.4) is 0 Å². The average Bonchev–Trinajstić information content (AvgIpc) is 2.22. The van der Waals surface area contributed by atoms with Crippen molar-refractivity contribution in [3.63, 3.8) is 0 Å². The SMILES string of the molecule is CO[C@H]1CN(S(C)(=O)=O)[C@@H]2CC[C@@H](O)[C@H]1C2. The summed E-state index contributed by atoms with van der Waals surface area (Å²) in [5, 5.41) is 9.86. The molecular formula is C10H19NO4S. The predicted molar refractivity (Wildman–Crippen MR) is 59.5 cm³/mol. The minimum atomic E-state index is -3.17. The summed E-state index contributed by atoms with van der Waals surface area (Å²) >= 11 is 0. The number of ether oxygens (including phenoxy) is 1. The van der Waals surface area contributed by atoms with Crippen molar-refractivity contribution in [3.8, 4) is 0 Å². The first-order valence-electron chi connectivity index (χ1n) is 5.61. The van der Waals surface area contributed by atoms with Crippen molar-refractivity contribution in [1.82, 2.24) is 4.31 Å². The van der Waals surface area contributed by atoms with Crippen molar-refractivity contribution in [2.45, 2.75) is 37.5 Å². The van der Waals surface area contributed by atoms with E-state index in [4.69, 9.17) is 4.74 Å². The molecule has 2 aliphatic rings. The summed E-state index contributed by atoms with van der Waals surface area (Å²) < 4.78 is 30.1. The molecule has 1 N–H and O–H groups in total. The molecule has 0 aromatic rings. The summed E-state index contributed by atoms with van der Waals surface area (Å²) in [5.74, 6) is 0.0850. The van der Waals surface area contributed by atoms with Crippen molar-refractivity contribution >= 4 is 10.0 Å². The molecule has 0 aromatic carbocycles. The van der Waals surface area contributed by atoms with Crippen molar-refractivity contribution in [2.24, 2.45) is 5.92 Å². The number of hydrogen-bond donors (Lipinski definition) is 1. The molecule has 1 heterocycles. The number of piperidine rings is 1. The van der Waals surface area contributed by atoms with E-state index in [0.717, 1.165) is 6.42 Å². The van der Waals surface area contributed by atoms with E-state index in [1.54, 1.807) is 7.11 Å². The summed E-state index contributed by atoms with van der Waals surface area (Å²) in [6.45, 7) is 0.377. The van der Waals surface area contributed by atoms with Gasteiger partial charge in [-0.2, -0.15) is 4.31 Å². The molecule has 2 fully saturated rings. The highest BCUT2D eigenvalue weighted by molar-refractivity contribution is 7.88. The minimum absolute atomic E-state index is 0.0507. The number of aliphatic hydroxyl groups excluding tert-OH is 1. The fourth-order valence-electron chi connectivity index (χ4n) is 2.94. The van der Waals surface area contributed by atoms with Crippen molar-refractivity contribution in [1.29, 1.82) is 0 Å². The van der Waals surface area contributed by atoms with Crippen LogP contribution in [0.2, 0.25) is 0 Å². The zero-order valence-corrected chi connectivity index (χ0v) is 10.5. The Labute approximate surface area is 96.4 Å². The van der Waals surface area contributed by atoms with Gasteiger partial charge in [0.1, 0.15) is 0 Å². The lowest BCUT2D eigenvalue weighted by molar-refractivity contribution is -0.0833. The number of nitrogens with zero attached hydrogens (tertiary/aromatic N) is 1. The summed E-state index contributed by atoms with van der Waals surface area (Å²) in [6.07, 6.45) is 2.85. The third-order valence-electron chi connectivity index (χ3n) is 3.81. The molecular weight excluding hydrogens is 230 g/mol. The zero-order chi connectivity index (χ0) is 11.9. The third kappa shape index (κ3) is 2.11. The van der Waals surface area contributed by atoms with E-state index in [-0.39, 0.29) is 24.2 Å². The Morgan fingerprint density at radius 3 is 2.62 bits per heavy atom. The van der Waals surface area contributed by atoms with Gasteiger partial charge in [0, 0.05) is 25.6 Å². The zero-order valence-electron chi connectivity index (χ0n) is 9.67. The number of methoxy groups -OCH3 is 1. The minimum Gasteiger partial charge on any atom is -0.393 e. The van der Waals surface area contributed by atoms with Crippen molar-refractivity contribution in [2.75, 3.05) is 19.9 Å². The Morgan fingerprint density at radius 2 is 2.06 bits per heavy atom. The lowest BCUT2D eigenvalue weighted by Gasteiger charge is -2.47. The average molecular weight is 249 g/mol. The van der Waals surface area contributed by atoms with Gasteiger partial charge in [-0.15, -0.1) is 0 Å². The predicted octanol–water partition coefficient (Wildman–Crippen LogP) is -0.194. The molecule has 94 valence electrons. The van der Waals surface area contributed by atoms with Gasteiger partial charge in [-0.05, 0) is 19.3 Å². The van der Waals surface area contributed by atoms with E-state index < -0.39 is 10.0 Å². The van der Waals surface area contributed by atoms with E-state index in [9.17, 15) is 13.5 Å². The number of rotatable bonds is 2. The molecule has 2 bridgehead atoms. The molecule has 1 saturated carbocycles. The fourth-order valence-corrected chi connectivity index (χ4v) is 4.10. The Balaban J connectivity index is 2.22. The molecule has 0 radical (unpaired) electrons. The Morgan fingerprint density at radius 1 is 1.38 bits per heavy atom. The van der Waals surface area contributed by atoms with Crippen LogP contribution in [0.4, 0.5) is 0 Å². The summed E-state index contributed by atoms with van der Waals surface area (Å²) in [6, 6.07) is 0.0507. The Kier molecular flexibility index (Phi) is 3.27. The van der Waals surface area contributed by atoms with Crippen LogP contribution in [0.15, 0.2) is 0 Å².